The molecule has 0 aliphatic heterocycles. The summed E-state index contributed by atoms with van der Waals surface area (Å²) < 4.78 is 0. The molecule has 0 unspecified atom stereocenters. The van der Waals surface area contributed by atoms with Crippen LogP contribution < -0.4 is 5.73 Å². The lowest BCUT2D eigenvalue weighted by Gasteiger charge is -2.09. The highest BCUT2D eigenvalue weighted by atomic mass is 14.7. The fourth-order valence-corrected chi connectivity index (χ4v) is 1.63. The summed E-state index contributed by atoms with van der Waals surface area (Å²) in [5.74, 6) is 0. The zero-order chi connectivity index (χ0) is 11.4. The molecule has 0 aliphatic rings. The van der Waals surface area contributed by atoms with Crippen molar-refractivity contribution in [2.75, 3.05) is 0 Å². The summed E-state index contributed by atoms with van der Waals surface area (Å²) in [7, 11) is 0. The van der Waals surface area contributed by atoms with Crippen LogP contribution in [0, 0.1) is 13.8 Å². The van der Waals surface area contributed by atoms with E-state index in [4.69, 9.17) is 5.73 Å². The van der Waals surface area contributed by atoms with Gasteiger partial charge in [0.2, 0.25) is 0 Å². The van der Waals surface area contributed by atoms with Gasteiger partial charge in [0.05, 0.1) is 0 Å². The number of pyridine rings is 1. The van der Waals surface area contributed by atoms with Gasteiger partial charge in [0, 0.05) is 23.2 Å². The molecule has 15 heavy (non-hydrogen) atoms. The number of nitrogens with two attached hydrogens (primary N) is 1. The number of hydrogen-bond acceptors (Lipinski definition) is 2. The van der Waals surface area contributed by atoms with Crippen molar-refractivity contribution in [3.63, 3.8) is 0 Å². The van der Waals surface area contributed by atoms with Crippen molar-refractivity contribution in [3.8, 4) is 0 Å². The molecule has 2 nitrogen and oxygen atoms in total. The fraction of sp³-hybridized carbons (Fsp3) is 0.462. The normalized spacial score (nSPS) is 10.1. The Kier molecular flexibility index (Phi) is 3.89. The van der Waals surface area contributed by atoms with Gasteiger partial charge in [0.15, 0.2) is 0 Å². The maximum atomic E-state index is 6.12. The molecule has 0 amide bonds. The first-order valence-corrected chi connectivity index (χ1v) is 5.51. The largest absolute Gasteiger partial charge is 0.398 e. The van der Waals surface area contributed by atoms with Crippen molar-refractivity contribution in [1.82, 2.24) is 4.98 Å². The molecule has 1 aromatic rings. The van der Waals surface area contributed by atoms with Crippen LogP contribution in [-0.2, 0) is 0 Å². The number of aryl methyl sites for hydroxylation is 2. The first kappa shape index (κ1) is 11.8. The molecule has 1 heterocycles. The Balaban J connectivity index is 3.16. The lowest BCUT2D eigenvalue weighted by Crippen LogP contribution is -2.03. The maximum absolute atomic E-state index is 6.12. The number of aromatic nitrogens is 1. The topological polar surface area (TPSA) is 38.9 Å². The van der Waals surface area contributed by atoms with Crippen molar-refractivity contribution in [2.24, 2.45) is 5.73 Å². The van der Waals surface area contributed by atoms with E-state index in [9.17, 15) is 0 Å². The summed E-state index contributed by atoms with van der Waals surface area (Å²) >= 11 is 0. The molecule has 1 aromatic heterocycles. The zero-order valence-corrected chi connectivity index (χ0v) is 10.1. The lowest BCUT2D eigenvalue weighted by molar-refractivity contribution is 0.974. The molecule has 0 atom stereocenters. The van der Waals surface area contributed by atoms with Crippen LogP contribution in [0.1, 0.15) is 43.5 Å². The number of nitrogens with zero attached hydrogens (tertiary/aromatic N) is 1. The fourth-order valence-electron chi connectivity index (χ4n) is 1.63. The molecule has 0 bridgehead atoms. The van der Waals surface area contributed by atoms with E-state index < -0.39 is 0 Å². The van der Waals surface area contributed by atoms with E-state index >= 15 is 0 Å². The quantitative estimate of drug-likeness (QED) is 0.821. The molecule has 0 aromatic carbocycles. The van der Waals surface area contributed by atoms with E-state index in [0.29, 0.717) is 0 Å². The minimum absolute atomic E-state index is 0.899. The van der Waals surface area contributed by atoms with E-state index in [0.717, 1.165) is 29.8 Å². The van der Waals surface area contributed by atoms with Crippen LogP contribution >= 0.6 is 0 Å². The Morgan fingerprint density at radius 1 is 1.27 bits per heavy atom. The van der Waals surface area contributed by atoms with Crippen molar-refractivity contribution in [1.29, 1.82) is 0 Å². The third-order valence-electron chi connectivity index (χ3n) is 2.89. The Labute approximate surface area is 92.2 Å². The van der Waals surface area contributed by atoms with Crippen molar-refractivity contribution in [2.45, 2.75) is 40.5 Å². The third-order valence-corrected chi connectivity index (χ3v) is 2.89. The van der Waals surface area contributed by atoms with Gasteiger partial charge in [-0.3, -0.25) is 4.98 Å². The van der Waals surface area contributed by atoms with Crippen LogP contribution in [0.4, 0.5) is 0 Å². The summed E-state index contributed by atoms with van der Waals surface area (Å²) in [4.78, 5) is 4.34. The highest BCUT2D eigenvalue weighted by Gasteiger charge is 2.04. The Bertz CT molecular complexity index is 372. The molecule has 0 spiro atoms. The van der Waals surface area contributed by atoms with Crippen molar-refractivity contribution in [3.05, 3.63) is 34.7 Å². The van der Waals surface area contributed by atoms with Crippen LogP contribution in [0.3, 0.4) is 0 Å². The van der Waals surface area contributed by atoms with Crippen LogP contribution in [0.25, 0.3) is 5.70 Å². The van der Waals surface area contributed by atoms with Crippen LogP contribution in [0.5, 0.6) is 0 Å². The standard InChI is InChI=1S/C13H20N2/c1-5-11(6-2)13(14)12-7-9(3)10(4)15-8-12/h7-8H,5-6,14H2,1-4H3. The van der Waals surface area contributed by atoms with Gasteiger partial charge in [0.25, 0.3) is 0 Å². The highest BCUT2D eigenvalue weighted by Crippen LogP contribution is 2.19. The van der Waals surface area contributed by atoms with Crippen molar-refractivity contribution < 1.29 is 0 Å². The minimum Gasteiger partial charge on any atom is -0.398 e. The first-order chi connectivity index (χ1) is 7.10. The molecule has 0 aliphatic carbocycles. The predicted octanol–water partition coefficient (Wildman–Crippen LogP) is 3.19. The van der Waals surface area contributed by atoms with Crippen LogP contribution in [-0.4, -0.2) is 4.98 Å². The molecule has 0 fully saturated rings. The highest BCUT2D eigenvalue weighted by molar-refractivity contribution is 5.65. The minimum atomic E-state index is 0.899. The van der Waals surface area contributed by atoms with Crippen LogP contribution in [0.2, 0.25) is 0 Å². The second-order valence-electron chi connectivity index (χ2n) is 3.85. The van der Waals surface area contributed by atoms with Gasteiger partial charge >= 0.3 is 0 Å². The lowest BCUT2D eigenvalue weighted by atomic mass is 10.0. The summed E-state index contributed by atoms with van der Waals surface area (Å²) in [5.41, 5.74) is 11.6. The monoisotopic (exact) mass is 204 g/mol. The zero-order valence-electron chi connectivity index (χ0n) is 10.1. The molecule has 0 radical (unpaired) electrons. The predicted molar refractivity (Wildman–Crippen MR) is 65.4 cm³/mol. The van der Waals surface area contributed by atoms with E-state index in [1.807, 2.05) is 13.1 Å². The van der Waals surface area contributed by atoms with Crippen molar-refractivity contribution >= 4 is 5.70 Å². The SMILES string of the molecule is CCC(CC)=C(N)c1cnc(C)c(C)c1. The van der Waals surface area contributed by atoms with Gasteiger partial charge in [-0.2, -0.15) is 0 Å². The van der Waals surface area contributed by atoms with E-state index in [1.54, 1.807) is 0 Å². The number of rotatable bonds is 3. The molecular formula is C13H20N2. The van der Waals surface area contributed by atoms with Gasteiger partial charge in [-0.15, -0.1) is 0 Å². The van der Waals surface area contributed by atoms with E-state index in [-0.39, 0.29) is 0 Å². The average molecular weight is 204 g/mol. The Morgan fingerprint density at radius 3 is 2.33 bits per heavy atom. The number of hydrogen-bond donors (Lipinski definition) is 1. The molecule has 82 valence electrons. The van der Waals surface area contributed by atoms with Crippen LogP contribution in [0.15, 0.2) is 17.8 Å². The second-order valence-corrected chi connectivity index (χ2v) is 3.85. The third kappa shape index (κ3) is 2.58. The first-order valence-electron chi connectivity index (χ1n) is 5.51. The average Bonchev–Trinajstić information content (AvgIpc) is 2.23. The summed E-state index contributed by atoms with van der Waals surface area (Å²) in [6.07, 6.45) is 3.88. The Morgan fingerprint density at radius 2 is 1.87 bits per heavy atom. The molecule has 1 rings (SSSR count). The molecule has 0 saturated carbocycles. The second kappa shape index (κ2) is 4.96. The molecule has 2 heteroatoms. The molecule has 2 N–H and O–H groups in total. The number of allylic oxidation sites excluding steroid dienone is 1. The Hall–Kier alpha value is -1.31. The smallest absolute Gasteiger partial charge is 0.0402 e. The van der Waals surface area contributed by atoms with Gasteiger partial charge in [-0.25, -0.2) is 0 Å². The summed E-state index contributed by atoms with van der Waals surface area (Å²) in [5, 5.41) is 0. The molecule has 0 saturated heterocycles. The molecular weight excluding hydrogens is 184 g/mol. The maximum Gasteiger partial charge on any atom is 0.0402 e. The van der Waals surface area contributed by atoms with Gasteiger partial charge < -0.3 is 5.73 Å². The van der Waals surface area contributed by atoms with Gasteiger partial charge in [-0.1, -0.05) is 13.8 Å². The van der Waals surface area contributed by atoms with Gasteiger partial charge in [-0.05, 0) is 43.9 Å². The van der Waals surface area contributed by atoms with E-state index in [2.05, 4.69) is 31.8 Å². The van der Waals surface area contributed by atoms with E-state index in [1.165, 1.54) is 11.1 Å². The van der Waals surface area contributed by atoms with Gasteiger partial charge in [0.1, 0.15) is 0 Å². The summed E-state index contributed by atoms with van der Waals surface area (Å²) in [6.45, 7) is 8.36. The summed E-state index contributed by atoms with van der Waals surface area (Å²) in [6, 6.07) is 2.11.